The van der Waals surface area contributed by atoms with Crippen molar-refractivity contribution in [2.24, 2.45) is 0 Å². The molecular weight excluding hydrogens is 265 g/mol. The number of halogens is 2. The van der Waals surface area contributed by atoms with Gasteiger partial charge in [0.15, 0.2) is 0 Å². The molecule has 4 heteroatoms. The Morgan fingerprint density at radius 3 is 2.95 bits per heavy atom. The van der Waals surface area contributed by atoms with Crippen molar-refractivity contribution >= 4 is 23.2 Å². The number of nitrogens with zero attached hydrogens (tertiary/aromatic N) is 1. The van der Waals surface area contributed by atoms with Gasteiger partial charge in [-0.1, -0.05) is 29.8 Å². The van der Waals surface area contributed by atoms with Crippen LogP contribution in [-0.2, 0) is 11.2 Å². The van der Waals surface area contributed by atoms with Gasteiger partial charge in [0.2, 0.25) is 0 Å². The molecule has 1 aromatic carbocycles. The van der Waals surface area contributed by atoms with Crippen molar-refractivity contribution in [1.82, 2.24) is 0 Å². The first-order chi connectivity index (χ1) is 9.13. The summed E-state index contributed by atoms with van der Waals surface area (Å²) in [6, 6.07) is 2.98. The van der Waals surface area contributed by atoms with E-state index < -0.39 is 5.82 Å². The number of hydrogen-bond acceptors (Lipinski definition) is 1. The number of hydrogen-bond donors (Lipinski definition) is 0. The van der Waals surface area contributed by atoms with Crippen LogP contribution in [0.2, 0.25) is 5.02 Å². The van der Waals surface area contributed by atoms with Gasteiger partial charge < -0.3 is 4.90 Å². The van der Waals surface area contributed by atoms with Gasteiger partial charge in [-0.2, -0.15) is 0 Å². The third-order valence-electron chi connectivity index (χ3n) is 3.01. The number of fused-ring (bicyclic) bond motifs is 1. The highest BCUT2D eigenvalue weighted by atomic mass is 35.5. The maximum Gasteiger partial charge on any atom is 0.251 e. The molecule has 19 heavy (non-hydrogen) atoms. The number of anilines is 1. The fourth-order valence-corrected chi connectivity index (χ4v) is 2.44. The molecule has 0 spiro atoms. The Hall–Kier alpha value is -1.61. The van der Waals surface area contributed by atoms with Crippen LogP contribution in [0.4, 0.5) is 10.1 Å². The van der Waals surface area contributed by atoms with E-state index in [0.717, 1.165) is 18.4 Å². The molecule has 100 valence electrons. The molecular formula is C15H15ClFNO. The molecule has 0 radical (unpaired) electrons. The Labute approximate surface area is 117 Å². The van der Waals surface area contributed by atoms with Gasteiger partial charge in [-0.3, -0.25) is 4.79 Å². The van der Waals surface area contributed by atoms with Gasteiger partial charge in [-0.15, -0.1) is 0 Å². The third kappa shape index (κ3) is 3.04. The number of amides is 1. The van der Waals surface area contributed by atoms with E-state index in [1.807, 2.05) is 13.0 Å². The van der Waals surface area contributed by atoms with Crippen LogP contribution in [0.15, 0.2) is 36.4 Å². The molecule has 0 fully saturated rings. The van der Waals surface area contributed by atoms with Crippen LogP contribution in [0.25, 0.3) is 0 Å². The summed E-state index contributed by atoms with van der Waals surface area (Å²) >= 11 is 5.85. The van der Waals surface area contributed by atoms with Crippen molar-refractivity contribution < 1.29 is 9.18 Å². The number of benzene rings is 1. The van der Waals surface area contributed by atoms with Gasteiger partial charge in [0, 0.05) is 17.6 Å². The minimum absolute atomic E-state index is 0.208. The standard InChI is InChI=1S/C15H15ClFNO/c1-2-3-4-7-14(19)18-8-5-6-11-9-12(16)10-13(17)15(11)18/h2-4,7,9-10H,5-6,8H2,1H3. The summed E-state index contributed by atoms with van der Waals surface area (Å²) in [6.45, 7) is 2.40. The molecule has 0 unspecified atom stereocenters. The lowest BCUT2D eigenvalue weighted by molar-refractivity contribution is -0.114. The van der Waals surface area contributed by atoms with Crippen LogP contribution >= 0.6 is 11.6 Å². The monoisotopic (exact) mass is 279 g/mol. The Bertz CT molecular complexity index is 551. The number of carbonyl (C=O) groups excluding carboxylic acids is 1. The van der Waals surface area contributed by atoms with Crippen molar-refractivity contribution in [3.8, 4) is 0 Å². The van der Waals surface area contributed by atoms with Crippen LogP contribution < -0.4 is 4.90 Å². The highest BCUT2D eigenvalue weighted by Crippen LogP contribution is 2.32. The van der Waals surface area contributed by atoms with Gasteiger partial charge in [0.25, 0.3) is 5.91 Å². The summed E-state index contributed by atoms with van der Waals surface area (Å²) < 4.78 is 14.0. The van der Waals surface area contributed by atoms with Crippen molar-refractivity contribution in [2.75, 3.05) is 11.4 Å². The Morgan fingerprint density at radius 1 is 1.42 bits per heavy atom. The van der Waals surface area contributed by atoms with Gasteiger partial charge in [0.1, 0.15) is 5.82 Å². The number of carbonyl (C=O) groups is 1. The predicted molar refractivity (Wildman–Crippen MR) is 76.0 cm³/mol. The van der Waals surface area contributed by atoms with E-state index in [0.29, 0.717) is 17.3 Å². The molecule has 0 N–H and O–H groups in total. The number of aryl methyl sites for hydroxylation is 1. The zero-order chi connectivity index (χ0) is 13.8. The topological polar surface area (TPSA) is 20.3 Å². The van der Waals surface area contributed by atoms with Crippen molar-refractivity contribution in [2.45, 2.75) is 19.8 Å². The van der Waals surface area contributed by atoms with Crippen LogP contribution in [-0.4, -0.2) is 12.5 Å². The van der Waals surface area contributed by atoms with Gasteiger partial charge in [0.05, 0.1) is 5.69 Å². The van der Waals surface area contributed by atoms with Crippen molar-refractivity contribution in [3.05, 3.63) is 52.8 Å². The summed E-state index contributed by atoms with van der Waals surface area (Å²) in [5.41, 5.74) is 1.16. The first-order valence-electron chi connectivity index (χ1n) is 6.22. The summed E-state index contributed by atoms with van der Waals surface area (Å²) in [5.74, 6) is -0.643. The zero-order valence-corrected chi connectivity index (χ0v) is 11.5. The smallest absolute Gasteiger partial charge is 0.251 e. The lowest BCUT2D eigenvalue weighted by Gasteiger charge is -2.29. The second kappa shape index (κ2) is 6.02. The molecule has 0 atom stereocenters. The molecule has 2 nitrogen and oxygen atoms in total. The molecule has 1 amide bonds. The largest absolute Gasteiger partial charge is 0.306 e. The average molecular weight is 280 g/mol. The summed E-state index contributed by atoms with van der Waals surface area (Å²) in [7, 11) is 0. The van der Waals surface area contributed by atoms with Crippen LogP contribution in [0, 0.1) is 5.82 Å². The van der Waals surface area contributed by atoms with E-state index in [-0.39, 0.29) is 5.91 Å². The molecule has 1 aromatic rings. The van der Waals surface area contributed by atoms with Crippen molar-refractivity contribution in [1.29, 1.82) is 0 Å². The summed E-state index contributed by atoms with van der Waals surface area (Å²) in [5, 5.41) is 0.370. The van der Waals surface area contributed by atoms with Gasteiger partial charge >= 0.3 is 0 Å². The van der Waals surface area contributed by atoms with E-state index in [2.05, 4.69) is 0 Å². The first-order valence-corrected chi connectivity index (χ1v) is 6.60. The van der Waals surface area contributed by atoms with Crippen LogP contribution in [0.5, 0.6) is 0 Å². The lowest BCUT2D eigenvalue weighted by Crippen LogP contribution is -2.35. The summed E-state index contributed by atoms with van der Waals surface area (Å²) in [6.07, 6.45) is 8.26. The summed E-state index contributed by atoms with van der Waals surface area (Å²) in [4.78, 5) is 13.6. The van der Waals surface area contributed by atoms with Crippen LogP contribution in [0.3, 0.4) is 0 Å². The molecule has 0 aromatic heterocycles. The first kappa shape index (κ1) is 13.8. The van der Waals surface area contributed by atoms with Gasteiger partial charge in [-0.25, -0.2) is 4.39 Å². The quantitative estimate of drug-likeness (QED) is 0.594. The molecule has 1 heterocycles. The molecule has 0 saturated heterocycles. The third-order valence-corrected chi connectivity index (χ3v) is 3.23. The fraction of sp³-hybridized carbons (Fsp3) is 0.267. The maximum absolute atomic E-state index is 14.0. The van der Waals surface area contributed by atoms with E-state index in [4.69, 9.17) is 11.6 Å². The Morgan fingerprint density at radius 2 is 2.21 bits per heavy atom. The SMILES string of the molecule is CC=CC=CC(=O)N1CCCc2cc(Cl)cc(F)c21. The highest BCUT2D eigenvalue weighted by molar-refractivity contribution is 6.30. The number of allylic oxidation sites excluding steroid dienone is 3. The second-order valence-corrected chi connectivity index (χ2v) is 4.81. The Balaban J connectivity index is 2.34. The molecule has 2 rings (SSSR count). The predicted octanol–water partition coefficient (Wildman–Crippen LogP) is 3.89. The highest BCUT2D eigenvalue weighted by Gasteiger charge is 2.24. The molecule has 1 aliphatic heterocycles. The fourth-order valence-electron chi connectivity index (χ4n) is 2.21. The zero-order valence-electron chi connectivity index (χ0n) is 10.7. The molecule has 0 saturated carbocycles. The molecule has 1 aliphatic rings. The van der Waals surface area contributed by atoms with E-state index in [1.54, 1.807) is 18.2 Å². The normalized spacial score (nSPS) is 15.2. The lowest BCUT2D eigenvalue weighted by atomic mass is 10.0. The van der Waals surface area contributed by atoms with E-state index in [9.17, 15) is 9.18 Å². The van der Waals surface area contributed by atoms with E-state index >= 15 is 0 Å². The Kier molecular flexibility index (Phi) is 4.38. The van der Waals surface area contributed by atoms with Crippen molar-refractivity contribution in [3.63, 3.8) is 0 Å². The number of rotatable bonds is 2. The minimum atomic E-state index is -0.435. The molecule has 0 bridgehead atoms. The second-order valence-electron chi connectivity index (χ2n) is 4.37. The minimum Gasteiger partial charge on any atom is -0.306 e. The maximum atomic E-state index is 14.0. The average Bonchev–Trinajstić information content (AvgIpc) is 2.37. The van der Waals surface area contributed by atoms with E-state index in [1.165, 1.54) is 17.0 Å². The van der Waals surface area contributed by atoms with Crippen LogP contribution in [0.1, 0.15) is 18.9 Å². The van der Waals surface area contributed by atoms with Gasteiger partial charge in [-0.05, 0) is 37.5 Å². The molecule has 0 aliphatic carbocycles.